The van der Waals surface area contributed by atoms with Gasteiger partial charge in [-0.3, -0.25) is 4.90 Å². The number of benzene rings is 1. The van der Waals surface area contributed by atoms with Gasteiger partial charge in [-0.05, 0) is 36.5 Å². The summed E-state index contributed by atoms with van der Waals surface area (Å²) in [4.78, 5) is 9.67. The number of anilines is 1. The van der Waals surface area contributed by atoms with Crippen molar-refractivity contribution in [3.05, 3.63) is 59.8 Å². The molecule has 128 valence electrons. The highest BCUT2D eigenvalue weighted by atomic mass is 15.2. The number of nitrogens with zero attached hydrogens (tertiary/aromatic N) is 3. The molecule has 1 aliphatic heterocycles. The van der Waals surface area contributed by atoms with E-state index in [1.54, 1.807) is 0 Å². The number of hydrogen-bond donors (Lipinski definition) is 0. The molecule has 0 spiro atoms. The topological polar surface area (TPSA) is 19.4 Å². The lowest BCUT2D eigenvalue weighted by Gasteiger charge is -2.38. The smallest absolute Gasteiger partial charge is 0.131 e. The van der Waals surface area contributed by atoms with Crippen molar-refractivity contribution >= 4 is 5.82 Å². The van der Waals surface area contributed by atoms with Gasteiger partial charge in [-0.25, -0.2) is 4.98 Å². The average molecular weight is 323 g/mol. The Morgan fingerprint density at radius 2 is 1.83 bits per heavy atom. The number of rotatable bonds is 6. The van der Waals surface area contributed by atoms with Gasteiger partial charge in [0.1, 0.15) is 5.82 Å². The maximum atomic E-state index is 4.67. The van der Waals surface area contributed by atoms with E-state index < -0.39 is 0 Å². The molecule has 3 nitrogen and oxygen atoms in total. The van der Waals surface area contributed by atoms with Crippen molar-refractivity contribution in [3.8, 4) is 0 Å². The van der Waals surface area contributed by atoms with Crippen LogP contribution in [0.5, 0.6) is 0 Å². The lowest BCUT2D eigenvalue weighted by Crippen LogP contribution is -2.43. The van der Waals surface area contributed by atoms with E-state index in [2.05, 4.69) is 71.2 Å². The summed E-state index contributed by atoms with van der Waals surface area (Å²) >= 11 is 0. The Kier molecular flexibility index (Phi) is 5.86. The third kappa shape index (κ3) is 4.15. The van der Waals surface area contributed by atoms with Crippen LogP contribution in [-0.4, -0.2) is 36.1 Å². The minimum atomic E-state index is 0.600. The van der Waals surface area contributed by atoms with Gasteiger partial charge in [-0.1, -0.05) is 49.7 Å². The zero-order valence-electron chi connectivity index (χ0n) is 15.0. The molecule has 1 aliphatic rings. The SMILES string of the molecule is CCCc1cccnc1N(C)C1CCN(Cc2ccccc2)CC1. The quantitative estimate of drug-likeness (QED) is 0.796. The van der Waals surface area contributed by atoms with Crippen LogP contribution in [0.2, 0.25) is 0 Å². The van der Waals surface area contributed by atoms with Crippen molar-refractivity contribution in [2.45, 2.75) is 45.2 Å². The van der Waals surface area contributed by atoms with Gasteiger partial charge in [0, 0.05) is 38.9 Å². The highest BCUT2D eigenvalue weighted by Crippen LogP contribution is 2.25. The highest BCUT2D eigenvalue weighted by molar-refractivity contribution is 5.47. The summed E-state index contributed by atoms with van der Waals surface area (Å²) in [5.41, 5.74) is 2.80. The van der Waals surface area contributed by atoms with E-state index in [0.717, 1.165) is 13.0 Å². The maximum absolute atomic E-state index is 4.67. The van der Waals surface area contributed by atoms with E-state index in [9.17, 15) is 0 Å². The first-order valence-electron chi connectivity index (χ1n) is 9.21. The number of piperidine rings is 1. The van der Waals surface area contributed by atoms with Crippen LogP contribution >= 0.6 is 0 Å². The number of aryl methyl sites for hydroxylation is 1. The lowest BCUT2D eigenvalue weighted by molar-refractivity contribution is 0.203. The summed E-state index contributed by atoms with van der Waals surface area (Å²) in [7, 11) is 2.22. The molecule has 1 fully saturated rings. The van der Waals surface area contributed by atoms with Crippen LogP contribution < -0.4 is 4.90 Å². The van der Waals surface area contributed by atoms with Crippen LogP contribution in [0.1, 0.15) is 37.3 Å². The van der Waals surface area contributed by atoms with Gasteiger partial charge in [-0.2, -0.15) is 0 Å². The Morgan fingerprint density at radius 3 is 2.54 bits per heavy atom. The van der Waals surface area contributed by atoms with E-state index >= 15 is 0 Å². The molecule has 3 heteroatoms. The number of likely N-dealkylation sites (tertiary alicyclic amines) is 1. The molecular weight excluding hydrogens is 294 g/mol. The average Bonchev–Trinajstić information content (AvgIpc) is 2.63. The molecule has 0 atom stereocenters. The van der Waals surface area contributed by atoms with Crippen molar-refractivity contribution in [3.63, 3.8) is 0 Å². The number of hydrogen-bond acceptors (Lipinski definition) is 3. The van der Waals surface area contributed by atoms with E-state index in [4.69, 9.17) is 0 Å². The van der Waals surface area contributed by atoms with Gasteiger partial charge in [0.15, 0.2) is 0 Å². The minimum absolute atomic E-state index is 0.600. The van der Waals surface area contributed by atoms with Crippen LogP contribution in [0.4, 0.5) is 5.82 Å². The van der Waals surface area contributed by atoms with E-state index in [1.807, 2.05) is 6.20 Å². The Labute approximate surface area is 146 Å². The molecule has 1 aromatic carbocycles. The fourth-order valence-corrected chi connectivity index (χ4v) is 3.69. The molecular formula is C21H29N3. The van der Waals surface area contributed by atoms with Crippen LogP contribution in [0, 0.1) is 0 Å². The van der Waals surface area contributed by atoms with Crippen LogP contribution in [0.15, 0.2) is 48.7 Å². The van der Waals surface area contributed by atoms with Gasteiger partial charge >= 0.3 is 0 Å². The zero-order chi connectivity index (χ0) is 16.8. The summed E-state index contributed by atoms with van der Waals surface area (Å²) in [5, 5.41) is 0. The largest absolute Gasteiger partial charge is 0.356 e. The summed E-state index contributed by atoms with van der Waals surface area (Å²) in [6, 6.07) is 15.7. The fourth-order valence-electron chi connectivity index (χ4n) is 3.69. The molecule has 0 saturated carbocycles. The highest BCUT2D eigenvalue weighted by Gasteiger charge is 2.24. The first-order valence-corrected chi connectivity index (χ1v) is 9.21. The molecule has 0 bridgehead atoms. The fraction of sp³-hybridized carbons (Fsp3) is 0.476. The normalized spacial score (nSPS) is 16.2. The van der Waals surface area contributed by atoms with Gasteiger partial charge in [0.05, 0.1) is 0 Å². The summed E-state index contributed by atoms with van der Waals surface area (Å²) in [6.07, 6.45) is 6.63. The van der Waals surface area contributed by atoms with Crippen molar-refractivity contribution in [1.82, 2.24) is 9.88 Å². The van der Waals surface area contributed by atoms with E-state index in [1.165, 1.54) is 49.3 Å². The number of aromatic nitrogens is 1. The van der Waals surface area contributed by atoms with Crippen molar-refractivity contribution in [2.75, 3.05) is 25.0 Å². The van der Waals surface area contributed by atoms with Crippen LogP contribution in [0.25, 0.3) is 0 Å². The van der Waals surface area contributed by atoms with E-state index in [0.29, 0.717) is 6.04 Å². The Balaban J connectivity index is 1.58. The van der Waals surface area contributed by atoms with Gasteiger partial charge in [0.25, 0.3) is 0 Å². The van der Waals surface area contributed by atoms with E-state index in [-0.39, 0.29) is 0 Å². The third-order valence-electron chi connectivity index (χ3n) is 5.07. The maximum Gasteiger partial charge on any atom is 0.131 e. The molecule has 2 aromatic rings. The minimum Gasteiger partial charge on any atom is -0.356 e. The van der Waals surface area contributed by atoms with Crippen LogP contribution in [-0.2, 0) is 13.0 Å². The molecule has 3 rings (SSSR count). The molecule has 0 unspecified atom stereocenters. The molecule has 24 heavy (non-hydrogen) atoms. The standard InChI is InChI=1S/C21H29N3/c1-3-8-19-11-7-14-22-21(19)23(2)20-12-15-24(16-13-20)17-18-9-5-4-6-10-18/h4-7,9-11,14,20H,3,8,12-13,15-17H2,1-2H3. The zero-order valence-corrected chi connectivity index (χ0v) is 15.0. The number of pyridine rings is 1. The Morgan fingerprint density at radius 1 is 1.08 bits per heavy atom. The van der Waals surface area contributed by atoms with Gasteiger partial charge in [0.2, 0.25) is 0 Å². The lowest BCUT2D eigenvalue weighted by atomic mass is 10.0. The molecule has 2 heterocycles. The molecule has 0 aliphatic carbocycles. The first kappa shape index (κ1) is 17.0. The summed E-state index contributed by atoms with van der Waals surface area (Å²) in [6.45, 7) is 5.64. The monoisotopic (exact) mass is 323 g/mol. The molecule has 1 aromatic heterocycles. The van der Waals surface area contributed by atoms with Gasteiger partial charge < -0.3 is 4.90 Å². The van der Waals surface area contributed by atoms with Crippen molar-refractivity contribution in [1.29, 1.82) is 0 Å². The van der Waals surface area contributed by atoms with Crippen molar-refractivity contribution in [2.24, 2.45) is 0 Å². The summed E-state index contributed by atoms with van der Waals surface area (Å²) < 4.78 is 0. The Hall–Kier alpha value is -1.87. The second-order valence-corrected chi connectivity index (χ2v) is 6.84. The predicted octanol–water partition coefficient (Wildman–Crippen LogP) is 4.13. The van der Waals surface area contributed by atoms with Crippen LogP contribution in [0.3, 0.4) is 0 Å². The molecule has 0 radical (unpaired) electrons. The second kappa shape index (κ2) is 8.29. The summed E-state index contributed by atoms with van der Waals surface area (Å²) in [5.74, 6) is 1.18. The second-order valence-electron chi connectivity index (χ2n) is 6.84. The predicted molar refractivity (Wildman–Crippen MR) is 101 cm³/mol. The molecule has 0 N–H and O–H groups in total. The first-order chi connectivity index (χ1) is 11.8. The van der Waals surface area contributed by atoms with Crippen molar-refractivity contribution < 1.29 is 0 Å². The molecule has 1 saturated heterocycles. The third-order valence-corrected chi connectivity index (χ3v) is 5.07. The van der Waals surface area contributed by atoms with Gasteiger partial charge in [-0.15, -0.1) is 0 Å². The molecule has 0 amide bonds. The Bertz CT molecular complexity index is 618.